The zero-order valence-corrected chi connectivity index (χ0v) is 18.4. The number of carbonyl (C=O) groups excluding carboxylic acids is 2. The minimum Gasteiger partial charge on any atom is -0.381 e. The van der Waals surface area contributed by atoms with Crippen molar-refractivity contribution in [2.24, 2.45) is 0 Å². The van der Waals surface area contributed by atoms with E-state index in [1.165, 1.54) is 0 Å². The number of hydrogen-bond donors (Lipinski definition) is 1. The average Bonchev–Trinajstić information content (AvgIpc) is 2.80. The molecule has 2 aliphatic heterocycles. The van der Waals surface area contributed by atoms with Gasteiger partial charge in [0.25, 0.3) is 0 Å². The van der Waals surface area contributed by atoms with Gasteiger partial charge in [-0.2, -0.15) is 0 Å². The molecule has 2 amide bonds. The molecule has 164 valence electrons. The van der Waals surface area contributed by atoms with Crippen LogP contribution in [0.4, 0.5) is 0 Å². The highest BCUT2D eigenvalue weighted by Gasteiger charge is 2.37. The highest BCUT2D eigenvalue weighted by Crippen LogP contribution is 2.36. The molecule has 0 aliphatic carbocycles. The highest BCUT2D eigenvalue weighted by molar-refractivity contribution is 6.30. The van der Waals surface area contributed by atoms with E-state index in [4.69, 9.17) is 16.3 Å². The van der Waals surface area contributed by atoms with Gasteiger partial charge in [0, 0.05) is 43.2 Å². The van der Waals surface area contributed by atoms with Gasteiger partial charge in [0.2, 0.25) is 11.8 Å². The Morgan fingerprint density at radius 2 is 1.87 bits per heavy atom. The molecule has 31 heavy (non-hydrogen) atoms. The van der Waals surface area contributed by atoms with E-state index in [1.807, 2.05) is 48.5 Å². The molecule has 1 unspecified atom stereocenters. The highest BCUT2D eigenvalue weighted by atomic mass is 35.5. The summed E-state index contributed by atoms with van der Waals surface area (Å²) >= 11 is 6.27. The second-order valence-corrected chi connectivity index (χ2v) is 8.91. The van der Waals surface area contributed by atoms with Gasteiger partial charge in [0.05, 0.1) is 0 Å². The van der Waals surface area contributed by atoms with E-state index in [2.05, 4.69) is 11.4 Å². The van der Waals surface area contributed by atoms with Crippen LogP contribution < -0.4 is 5.32 Å². The lowest BCUT2D eigenvalue weighted by Gasteiger charge is -2.39. The molecule has 2 saturated heterocycles. The molecule has 5 nitrogen and oxygen atoms in total. The predicted octanol–water partition coefficient (Wildman–Crippen LogP) is 4.26. The summed E-state index contributed by atoms with van der Waals surface area (Å²) in [7, 11) is 0. The minimum absolute atomic E-state index is 0.0471. The lowest BCUT2D eigenvalue weighted by atomic mass is 9.74. The van der Waals surface area contributed by atoms with E-state index in [-0.39, 0.29) is 17.2 Å². The summed E-state index contributed by atoms with van der Waals surface area (Å²) in [5, 5.41) is 3.89. The van der Waals surface area contributed by atoms with Crippen LogP contribution in [0.25, 0.3) is 0 Å². The molecular formula is C25H29ClN2O3. The number of benzene rings is 2. The molecule has 0 spiro atoms. The number of rotatable bonds is 6. The Labute approximate surface area is 188 Å². The summed E-state index contributed by atoms with van der Waals surface area (Å²) in [5.41, 5.74) is 1.74. The first-order valence-corrected chi connectivity index (χ1v) is 11.4. The largest absolute Gasteiger partial charge is 0.381 e. The van der Waals surface area contributed by atoms with Gasteiger partial charge < -0.3 is 15.0 Å². The Balaban J connectivity index is 1.58. The number of nitrogens with one attached hydrogen (secondary N) is 1. The summed E-state index contributed by atoms with van der Waals surface area (Å²) < 4.78 is 5.61. The number of likely N-dealkylation sites (tertiary alicyclic amines) is 1. The first kappa shape index (κ1) is 21.8. The van der Waals surface area contributed by atoms with Crippen molar-refractivity contribution in [3.63, 3.8) is 0 Å². The maximum absolute atomic E-state index is 13.5. The maximum Gasteiger partial charge on any atom is 0.247 e. The smallest absolute Gasteiger partial charge is 0.247 e. The van der Waals surface area contributed by atoms with Gasteiger partial charge in [-0.15, -0.1) is 0 Å². The van der Waals surface area contributed by atoms with Crippen LogP contribution in [-0.4, -0.2) is 43.0 Å². The van der Waals surface area contributed by atoms with E-state index in [0.717, 1.165) is 36.8 Å². The maximum atomic E-state index is 13.5. The van der Waals surface area contributed by atoms with E-state index >= 15 is 0 Å². The number of amides is 2. The van der Waals surface area contributed by atoms with Crippen LogP contribution in [0.5, 0.6) is 0 Å². The molecule has 0 radical (unpaired) electrons. The Kier molecular flexibility index (Phi) is 6.93. The van der Waals surface area contributed by atoms with Crippen LogP contribution in [0.15, 0.2) is 54.6 Å². The molecule has 2 heterocycles. The second-order valence-electron chi connectivity index (χ2n) is 8.48. The van der Waals surface area contributed by atoms with Crippen LogP contribution in [0.1, 0.15) is 49.3 Å². The molecule has 2 aromatic rings. The van der Waals surface area contributed by atoms with Gasteiger partial charge in [-0.25, -0.2) is 0 Å². The third-order valence-electron chi connectivity index (χ3n) is 6.52. The number of piperidine rings is 1. The van der Waals surface area contributed by atoms with Gasteiger partial charge >= 0.3 is 0 Å². The van der Waals surface area contributed by atoms with E-state index in [9.17, 15) is 9.59 Å². The number of halogens is 1. The van der Waals surface area contributed by atoms with Crippen molar-refractivity contribution >= 4 is 23.4 Å². The molecule has 2 aliphatic rings. The predicted molar refractivity (Wildman–Crippen MR) is 121 cm³/mol. The molecule has 1 atom stereocenters. The Hall–Kier alpha value is -2.37. The van der Waals surface area contributed by atoms with E-state index in [1.54, 1.807) is 4.90 Å². The lowest BCUT2D eigenvalue weighted by Crippen LogP contribution is -2.50. The van der Waals surface area contributed by atoms with Gasteiger partial charge in [-0.05, 0) is 48.9 Å². The quantitative estimate of drug-likeness (QED) is 0.730. The summed E-state index contributed by atoms with van der Waals surface area (Å²) in [5.74, 6) is -0.0831. The number of carbonyl (C=O) groups is 2. The molecule has 2 aromatic carbocycles. The van der Waals surface area contributed by atoms with Gasteiger partial charge in [-0.1, -0.05) is 54.1 Å². The minimum atomic E-state index is -0.606. The van der Waals surface area contributed by atoms with Crippen LogP contribution in [0.2, 0.25) is 5.02 Å². The fraction of sp³-hybridized carbons (Fsp3) is 0.440. The topological polar surface area (TPSA) is 58.6 Å². The van der Waals surface area contributed by atoms with E-state index in [0.29, 0.717) is 37.7 Å². The fourth-order valence-electron chi connectivity index (χ4n) is 4.71. The van der Waals surface area contributed by atoms with Crippen molar-refractivity contribution in [2.45, 2.75) is 43.6 Å². The summed E-state index contributed by atoms with van der Waals surface area (Å²) in [4.78, 5) is 27.9. The normalized spacial score (nSPS) is 19.6. The van der Waals surface area contributed by atoms with Crippen LogP contribution in [0, 0.1) is 0 Å². The number of ether oxygens (including phenoxy) is 1. The Bertz CT molecular complexity index is 912. The van der Waals surface area contributed by atoms with E-state index < -0.39 is 6.04 Å². The van der Waals surface area contributed by atoms with Gasteiger partial charge in [-0.3, -0.25) is 9.59 Å². The van der Waals surface area contributed by atoms with Crippen LogP contribution in [-0.2, 0) is 19.7 Å². The van der Waals surface area contributed by atoms with Crippen molar-refractivity contribution in [3.8, 4) is 0 Å². The third-order valence-corrected chi connectivity index (χ3v) is 6.76. The zero-order chi connectivity index (χ0) is 21.7. The van der Waals surface area contributed by atoms with Crippen molar-refractivity contribution in [1.29, 1.82) is 0 Å². The van der Waals surface area contributed by atoms with Gasteiger partial charge in [0.15, 0.2) is 0 Å². The molecule has 0 bridgehead atoms. The molecular weight excluding hydrogens is 412 g/mol. The molecule has 0 aromatic heterocycles. The first-order chi connectivity index (χ1) is 15.1. The standard InChI is InChI=1S/C25H29ClN2O3/c26-21-10-6-9-20(17-21)25(12-15-31-16-13-25)18-27-24(30)23(19-7-2-1-3-8-19)28-14-5-4-11-22(28)29/h1-3,6-10,17,23H,4-5,11-16,18H2,(H,27,30). The average molecular weight is 441 g/mol. The lowest BCUT2D eigenvalue weighted by molar-refractivity contribution is -0.143. The molecule has 0 saturated carbocycles. The SMILES string of the molecule is O=C(NCC1(c2cccc(Cl)c2)CCOCC1)C(c1ccccc1)N1CCCCC1=O. The van der Waals surface area contributed by atoms with Crippen molar-refractivity contribution in [3.05, 3.63) is 70.7 Å². The Morgan fingerprint density at radius 3 is 2.58 bits per heavy atom. The number of nitrogens with zero attached hydrogens (tertiary/aromatic N) is 1. The number of hydrogen-bond acceptors (Lipinski definition) is 3. The second kappa shape index (κ2) is 9.84. The molecule has 6 heteroatoms. The first-order valence-electron chi connectivity index (χ1n) is 11.0. The van der Waals surface area contributed by atoms with Crippen LogP contribution in [0.3, 0.4) is 0 Å². The summed E-state index contributed by atoms with van der Waals surface area (Å²) in [6.07, 6.45) is 3.93. The molecule has 4 rings (SSSR count). The fourth-order valence-corrected chi connectivity index (χ4v) is 4.90. The summed E-state index contributed by atoms with van der Waals surface area (Å²) in [6, 6.07) is 16.9. The van der Waals surface area contributed by atoms with Crippen molar-refractivity contribution in [1.82, 2.24) is 10.2 Å². The van der Waals surface area contributed by atoms with Crippen molar-refractivity contribution in [2.75, 3.05) is 26.3 Å². The Morgan fingerprint density at radius 1 is 1.10 bits per heavy atom. The van der Waals surface area contributed by atoms with Gasteiger partial charge in [0.1, 0.15) is 6.04 Å². The zero-order valence-electron chi connectivity index (χ0n) is 17.7. The molecule has 2 fully saturated rings. The third kappa shape index (κ3) is 4.94. The summed E-state index contributed by atoms with van der Waals surface area (Å²) in [6.45, 7) is 2.39. The van der Waals surface area contributed by atoms with Crippen molar-refractivity contribution < 1.29 is 14.3 Å². The monoisotopic (exact) mass is 440 g/mol. The van der Waals surface area contributed by atoms with Crippen LogP contribution >= 0.6 is 11.6 Å². The molecule has 1 N–H and O–H groups in total.